The van der Waals surface area contributed by atoms with Crippen molar-refractivity contribution in [3.05, 3.63) is 53.3 Å². The van der Waals surface area contributed by atoms with Gasteiger partial charge in [0, 0.05) is 44.5 Å². The molecule has 2 heterocycles. The molecule has 2 aromatic rings. The lowest BCUT2D eigenvalue weighted by molar-refractivity contribution is -0.119. The summed E-state index contributed by atoms with van der Waals surface area (Å²) in [5, 5.41) is 5.66. The summed E-state index contributed by atoms with van der Waals surface area (Å²) < 4.78 is 19.3. The molecule has 0 spiro atoms. The molecular formula is C23H28BFN4O3. The molecule has 9 heteroatoms. The molecule has 1 unspecified atom stereocenters. The number of anilines is 2. The van der Waals surface area contributed by atoms with Gasteiger partial charge in [0.15, 0.2) is 0 Å². The number of halogens is 1. The molecule has 0 aliphatic carbocycles. The number of fused-ring (bicyclic) bond motifs is 1. The van der Waals surface area contributed by atoms with Crippen molar-refractivity contribution in [2.45, 2.75) is 31.5 Å². The van der Waals surface area contributed by atoms with Crippen molar-refractivity contribution in [3.63, 3.8) is 0 Å². The van der Waals surface area contributed by atoms with Crippen LogP contribution in [-0.4, -0.2) is 69.0 Å². The second-order valence-corrected chi connectivity index (χ2v) is 8.62. The fourth-order valence-corrected chi connectivity index (χ4v) is 4.30. The second-order valence-electron chi connectivity index (χ2n) is 8.62. The molecule has 2 aliphatic rings. The number of hydrogen-bond donors (Lipinski definition) is 2. The number of hydrogen-bond acceptors (Lipinski definition) is 4. The van der Waals surface area contributed by atoms with Gasteiger partial charge < -0.3 is 25.2 Å². The highest BCUT2D eigenvalue weighted by Gasteiger charge is 2.40. The second kappa shape index (κ2) is 9.30. The Labute approximate surface area is 188 Å². The predicted octanol–water partition coefficient (Wildman–Crippen LogP) is 1.33. The van der Waals surface area contributed by atoms with Gasteiger partial charge in [0.05, 0.1) is 6.10 Å². The van der Waals surface area contributed by atoms with E-state index in [4.69, 9.17) is 4.74 Å². The molecule has 7 nitrogen and oxygen atoms in total. The highest BCUT2D eigenvalue weighted by atomic mass is 19.1. The van der Waals surface area contributed by atoms with Crippen LogP contribution in [0.2, 0.25) is 0 Å². The molecule has 3 amide bonds. The average molecular weight is 438 g/mol. The minimum atomic E-state index is -0.683. The van der Waals surface area contributed by atoms with Gasteiger partial charge in [0.1, 0.15) is 19.7 Å². The van der Waals surface area contributed by atoms with E-state index in [1.165, 1.54) is 22.1 Å². The number of carbonyl (C=O) groups is 2. The van der Waals surface area contributed by atoms with Crippen LogP contribution < -0.4 is 16.1 Å². The number of benzene rings is 2. The molecule has 0 saturated carbocycles. The SMILES string of the molecule is Bc1ccc(NC(=O)N2CC(OC)C[C@@H]2C(=O)Nc2ccc3c(c2)CCN(C)C3)cc1F. The number of likely N-dealkylation sites (N-methyl/N-ethyl adjacent to an activating group) is 1. The van der Waals surface area contributed by atoms with Gasteiger partial charge >= 0.3 is 6.03 Å². The van der Waals surface area contributed by atoms with E-state index >= 15 is 0 Å². The molecule has 0 aromatic heterocycles. The topological polar surface area (TPSA) is 73.9 Å². The van der Waals surface area contributed by atoms with Gasteiger partial charge in [-0.1, -0.05) is 17.6 Å². The number of rotatable bonds is 4. The first-order valence-electron chi connectivity index (χ1n) is 10.8. The Morgan fingerprint density at radius 3 is 2.62 bits per heavy atom. The van der Waals surface area contributed by atoms with E-state index in [2.05, 4.69) is 22.6 Å². The van der Waals surface area contributed by atoms with Crippen LogP contribution >= 0.6 is 0 Å². The number of ether oxygens (including phenoxy) is 1. The third-order valence-electron chi connectivity index (χ3n) is 6.26. The predicted molar refractivity (Wildman–Crippen MR) is 125 cm³/mol. The molecular weight excluding hydrogens is 410 g/mol. The zero-order valence-corrected chi connectivity index (χ0v) is 18.7. The minimum Gasteiger partial charge on any atom is -0.380 e. The Morgan fingerprint density at radius 2 is 1.88 bits per heavy atom. The van der Waals surface area contributed by atoms with E-state index in [0.29, 0.717) is 17.6 Å². The molecule has 2 aliphatic heterocycles. The zero-order valence-electron chi connectivity index (χ0n) is 18.7. The van der Waals surface area contributed by atoms with Crippen molar-refractivity contribution in [3.8, 4) is 0 Å². The van der Waals surface area contributed by atoms with Gasteiger partial charge in [-0.25, -0.2) is 9.18 Å². The lowest BCUT2D eigenvalue weighted by Crippen LogP contribution is -2.45. The van der Waals surface area contributed by atoms with Crippen LogP contribution in [0.5, 0.6) is 0 Å². The monoisotopic (exact) mass is 438 g/mol. The van der Waals surface area contributed by atoms with Crippen LogP contribution in [-0.2, 0) is 22.5 Å². The molecule has 1 saturated heterocycles. The largest absolute Gasteiger partial charge is 0.380 e. The van der Waals surface area contributed by atoms with Crippen molar-refractivity contribution >= 4 is 36.6 Å². The van der Waals surface area contributed by atoms with Crippen molar-refractivity contribution < 1.29 is 18.7 Å². The summed E-state index contributed by atoms with van der Waals surface area (Å²) in [6.07, 6.45) is 1.09. The summed E-state index contributed by atoms with van der Waals surface area (Å²) in [5.41, 5.74) is 4.07. The van der Waals surface area contributed by atoms with Crippen LogP contribution in [0.25, 0.3) is 0 Å². The normalized spacial score (nSPS) is 20.7. The first-order chi connectivity index (χ1) is 15.3. The summed E-state index contributed by atoms with van der Waals surface area (Å²) in [4.78, 5) is 29.7. The van der Waals surface area contributed by atoms with E-state index in [0.717, 1.165) is 25.2 Å². The number of nitrogens with one attached hydrogen (secondary N) is 2. The zero-order chi connectivity index (χ0) is 22.8. The molecule has 32 heavy (non-hydrogen) atoms. The number of amides is 3. The quantitative estimate of drug-likeness (QED) is 0.707. The molecule has 4 rings (SSSR count). The van der Waals surface area contributed by atoms with Crippen LogP contribution in [0.1, 0.15) is 17.5 Å². The number of carbonyl (C=O) groups excluding carboxylic acids is 2. The molecule has 2 N–H and O–H groups in total. The third-order valence-corrected chi connectivity index (χ3v) is 6.26. The Bertz CT molecular complexity index is 1030. The van der Waals surface area contributed by atoms with Crippen molar-refractivity contribution in [2.24, 2.45) is 0 Å². The van der Waals surface area contributed by atoms with Gasteiger partial charge in [-0.05, 0) is 48.9 Å². The van der Waals surface area contributed by atoms with Crippen LogP contribution in [0.4, 0.5) is 20.6 Å². The Balaban J connectivity index is 1.47. The van der Waals surface area contributed by atoms with Crippen LogP contribution in [0.3, 0.4) is 0 Å². The van der Waals surface area contributed by atoms with E-state index in [-0.39, 0.29) is 18.6 Å². The smallest absolute Gasteiger partial charge is 0.322 e. The fraction of sp³-hybridized carbons (Fsp3) is 0.391. The van der Waals surface area contributed by atoms with Crippen LogP contribution in [0, 0.1) is 5.82 Å². The standard InChI is InChI=1S/C23H28BFN4O3/c1-28-8-7-14-9-16(4-3-15(14)12-28)26-22(30)21-11-18(32-2)13-29(21)23(31)27-17-5-6-19(24)20(25)10-17/h3-6,9-10,18,21H,7-8,11-13,24H2,1-2H3,(H,26,30)(H,27,31)/t18?,21-/m1/s1. The lowest BCUT2D eigenvalue weighted by atomic mass is 9.95. The first kappa shape index (κ1) is 22.3. The summed E-state index contributed by atoms with van der Waals surface area (Å²) in [6, 6.07) is 9.34. The Hall–Kier alpha value is -2.91. The van der Waals surface area contributed by atoms with Gasteiger partial charge in [0.2, 0.25) is 5.91 Å². The summed E-state index contributed by atoms with van der Waals surface area (Å²) >= 11 is 0. The van der Waals surface area contributed by atoms with Gasteiger partial charge in [0.25, 0.3) is 0 Å². The Kier molecular flexibility index (Phi) is 6.48. The lowest BCUT2D eigenvalue weighted by Gasteiger charge is -2.26. The van der Waals surface area contributed by atoms with E-state index in [1.54, 1.807) is 27.1 Å². The maximum absolute atomic E-state index is 13.9. The Morgan fingerprint density at radius 1 is 1.12 bits per heavy atom. The van der Waals surface area contributed by atoms with Gasteiger partial charge in [-0.2, -0.15) is 0 Å². The summed E-state index contributed by atoms with van der Waals surface area (Å²) in [6.45, 7) is 2.16. The number of nitrogens with zero attached hydrogens (tertiary/aromatic N) is 2. The molecule has 1 fully saturated rings. The fourth-order valence-electron chi connectivity index (χ4n) is 4.30. The van der Waals surface area contributed by atoms with E-state index in [1.807, 2.05) is 18.2 Å². The summed E-state index contributed by atoms with van der Waals surface area (Å²) in [7, 11) is 5.32. The highest BCUT2D eigenvalue weighted by Crippen LogP contribution is 2.25. The molecule has 168 valence electrons. The molecule has 2 atom stereocenters. The summed E-state index contributed by atoms with van der Waals surface area (Å²) in [5.74, 6) is -0.658. The number of likely N-dealkylation sites (tertiary alicyclic amines) is 1. The number of urea groups is 1. The van der Waals surface area contributed by atoms with E-state index < -0.39 is 17.9 Å². The molecule has 2 aromatic carbocycles. The van der Waals surface area contributed by atoms with Crippen molar-refractivity contribution in [1.82, 2.24) is 9.80 Å². The average Bonchev–Trinajstić information content (AvgIpc) is 3.21. The van der Waals surface area contributed by atoms with Crippen molar-refractivity contribution in [1.29, 1.82) is 0 Å². The van der Waals surface area contributed by atoms with Crippen molar-refractivity contribution in [2.75, 3.05) is 37.9 Å². The highest BCUT2D eigenvalue weighted by molar-refractivity contribution is 6.32. The molecule has 0 bridgehead atoms. The number of methoxy groups -OCH3 is 1. The third kappa shape index (κ3) is 4.79. The maximum Gasteiger partial charge on any atom is 0.322 e. The molecule has 0 radical (unpaired) electrons. The van der Waals surface area contributed by atoms with Gasteiger partial charge in [-0.3, -0.25) is 4.79 Å². The van der Waals surface area contributed by atoms with Crippen LogP contribution in [0.15, 0.2) is 36.4 Å². The first-order valence-corrected chi connectivity index (χ1v) is 10.8. The minimum absolute atomic E-state index is 0.245. The van der Waals surface area contributed by atoms with E-state index in [9.17, 15) is 14.0 Å². The maximum atomic E-state index is 13.9. The van der Waals surface area contributed by atoms with Gasteiger partial charge in [-0.15, -0.1) is 0 Å².